The van der Waals surface area contributed by atoms with Crippen LogP contribution >= 0.6 is 0 Å². The molecule has 1 aromatic carbocycles. The van der Waals surface area contributed by atoms with Gasteiger partial charge in [0.15, 0.2) is 11.8 Å². The quantitative estimate of drug-likeness (QED) is 0.474. The molecular weight excluding hydrogens is 428 g/mol. The van der Waals surface area contributed by atoms with Crippen molar-refractivity contribution in [2.24, 2.45) is 5.41 Å². The van der Waals surface area contributed by atoms with Gasteiger partial charge < -0.3 is 14.4 Å². The van der Waals surface area contributed by atoms with Crippen molar-refractivity contribution in [3.05, 3.63) is 47.7 Å². The van der Waals surface area contributed by atoms with Gasteiger partial charge >= 0.3 is 5.97 Å². The minimum Gasteiger partial charge on any atom is -0.467 e. The highest BCUT2D eigenvalue weighted by molar-refractivity contribution is 5.80. The summed E-state index contributed by atoms with van der Waals surface area (Å²) in [6.45, 7) is 14.1. The maximum Gasteiger partial charge on any atom is 0.339 e. The van der Waals surface area contributed by atoms with Gasteiger partial charge in [-0.1, -0.05) is 44.2 Å². The van der Waals surface area contributed by atoms with Gasteiger partial charge in [0, 0.05) is 30.4 Å². The summed E-state index contributed by atoms with van der Waals surface area (Å²) in [5, 5.41) is 4.97. The number of aryl methyl sites for hydroxylation is 1. The van der Waals surface area contributed by atoms with Crippen molar-refractivity contribution in [3.8, 4) is 11.3 Å². The molecule has 1 saturated heterocycles. The van der Waals surface area contributed by atoms with Crippen molar-refractivity contribution in [1.29, 1.82) is 0 Å². The molecule has 182 valence electrons. The zero-order valence-electron chi connectivity index (χ0n) is 21.4. The van der Waals surface area contributed by atoms with Gasteiger partial charge in [-0.15, -0.1) is 0 Å². The molecule has 0 bridgehead atoms. The van der Waals surface area contributed by atoms with E-state index < -0.39 is 17.7 Å². The zero-order chi connectivity index (χ0) is 24.7. The van der Waals surface area contributed by atoms with Crippen molar-refractivity contribution in [2.75, 3.05) is 25.1 Å². The summed E-state index contributed by atoms with van der Waals surface area (Å²) in [6.07, 6.45) is 1.19. The van der Waals surface area contributed by atoms with E-state index >= 15 is 0 Å². The summed E-state index contributed by atoms with van der Waals surface area (Å²) in [5.74, 6) is 0.424. The lowest BCUT2D eigenvalue weighted by molar-refractivity contribution is -0.164. The number of methoxy groups -OCH3 is 1. The van der Waals surface area contributed by atoms with Crippen LogP contribution < -0.4 is 4.90 Å². The normalized spacial score (nSPS) is 17.1. The second-order valence-corrected chi connectivity index (χ2v) is 10.9. The third-order valence-corrected chi connectivity index (χ3v) is 6.44. The number of carbonyl (C=O) groups excluding carboxylic acids is 1. The Labute approximate surface area is 202 Å². The molecule has 1 atom stereocenters. The Balaban J connectivity index is 1.94. The summed E-state index contributed by atoms with van der Waals surface area (Å²) in [4.78, 5) is 20.2. The molecule has 4 rings (SSSR count). The Kier molecular flexibility index (Phi) is 6.42. The van der Waals surface area contributed by atoms with E-state index in [-0.39, 0.29) is 5.41 Å². The molecule has 7 nitrogen and oxygen atoms in total. The first kappa shape index (κ1) is 24.2. The Morgan fingerprint density at radius 1 is 1.12 bits per heavy atom. The summed E-state index contributed by atoms with van der Waals surface area (Å²) in [5.41, 5.74) is 3.80. The number of carbonyl (C=O) groups is 1. The number of benzene rings is 1. The van der Waals surface area contributed by atoms with Crippen molar-refractivity contribution in [2.45, 2.75) is 66.1 Å². The molecule has 34 heavy (non-hydrogen) atoms. The van der Waals surface area contributed by atoms with Crippen molar-refractivity contribution in [1.82, 2.24) is 14.6 Å². The second kappa shape index (κ2) is 9.02. The van der Waals surface area contributed by atoms with Crippen LogP contribution in [0.15, 0.2) is 36.4 Å². The lowest BCUT2D eigenvalue weighted by Gasteiger charge is -2.39. The van der Waals surface area contributed by atoms with Crippen LogP contribution in [0.2, 0.25) is 0 Å². The maximum atomic E-state index is 13.0. The number of aromatic nitrogens is 3. The first-order chi connectivity index (χ1) is 16.0. The van der Waals surface area contributed by atoms with Gasteiger partial charge in [-0.25, -0.2) is 9.78 Å². The number of ether oxygens (including phenoxy) is 2. The third kappa shape index (κ3) is 4.94. The number of rotatable bonds is 5. The smallest absolute Gasteiger partial charge is 0.339 e. The van der Waals surface area contributed by atoms with Gasteiger partial charge in [-0.3, -0.25) is 0 Å². The van der Waals surface area contributed by atoms with Crippen molar-refractivity contribution in [3.63, 3.8) is 0 Å². The van der Waals surface area contributed by atoms with E-state index in [1.54, 1.807) is 0 Å². The minimum absolute atomic E-state index is 0.279. The summed E-state index contributed by atoms with van der Waals surface area (Å²) in [7, 11) is 1.40. The van der Waals surface area contributed by atoms with Gasteiger partial charge in [-0.05, 0) is 46.0 Å². The van der Waals surface area contributed by atoms with E-state index in [1.807, 2.05) is 68.6 Å². The Morgan fingerprint density at radius 3 is 2.35 bits per heavy atom. The zero-order valence-corrected chi connectivity index (χ0v) is 21.4. The molecule has 1 aliphatic heterocycles. The molecule has 0 saturated carbocycles. The average molecular weight is 465 g/mol. The first-order valence-electron chi connectivity index (χ1n) is 12.0. The number of anilines is 1. The van der Waals surface area contributed by atoms with Gasteiger partial charge in [-0.2, -0.15) is 9.61 Å². The molecule has 0 aliphatic carbocycles. The van der Waals surface area contributed by atoms with Crippen molar-refractivity contribution < 1.29 is 14.3 Å². The van der Waals surface area contributed by atoms with Crippen LogP contribution in [0.5, 0.6) is 0 Å². The molecule has 3 heterocycles. The van der Waals surface area contributed by atoms with E-state index in [1.165, 1.54) is 7.11 Å². The lowest BCUT2D eigenvalue weighted by atomic mass is 9.82. The van der Waals surface area contributed by atoms with E-state index in [0.717, 1.165) is 59.9 Å². The molecule has 0 radical (unpaired) electrons. The highest BCUT2D eigenvalue weighted by Gasteiger charge is 2.37. The van der Waals surface area contributed by atoms with Crippen LogP contribution in [0.1, 0.15) is 64.8 Å². The number of fused-ring (bicyclic) bond motifs is 1. The third-order valence-electron chi connectivity index (χ3n) is 6.44. The number of hydrogen-bond acceptors (Lipinski definition) is 6. The number of nitrogens with zero attached hydrogens (tertiary/aromatic N) is 4. The fourth-order valence-corrected chi connectivity index (χ4v) is 4.49. The molecule has 2 aromatic heterocycles. The molecule has 0 spiro atoms. The molecule has 1 aliphatic rings. The monoisotopic (exact) mass is 464 g/mol. The first-order valence-corrected chi connectivity index (χ1v) is 12.0. The topological polar surface area (TPSA) is 69.0 Å². The largest absolute Gasteiger partial charge is 0.467 e. The van der Waals surface area contributed by atoms with Crippen LogP contribution in [0.25, 0.3) is 16.9 Å². The van der Waals surface area contributed by atoms with Crippen LogP contribution in [0.3, 0.4) is 0 Å². The highest BCUT2D eigenvalue weighted by atomic mass is 16.6. The predicted molar refractivity (Wildman–Crippen MR) is 134 cm³/mol. The number of piperidine rings is 1. The van der Waals surface area contributed by atoms with Gasteiger partial charge in [0.25, 0.3) is 0 Å². The van der Waals surface area contributed by atoms with E-state index in [9.17, 15) is 4.79 Å². The predicted octanol–water partition coefficient (Wildman–Crippen LogP) is 5.36. The minimum atomic E-state index is -0.906. The highest BCUT2D eigenvalue weighted by Crippen LogP contribution is 2.39. The Morgan fingerprint density at radius 2 is 1.76 bits per heavy atom. The average Bonchev–Trinajstić information content (AvgIpc) is 3.20. The molecule has 7 heteroatoms. The standard InChI is InChI=1S/C27H36N4O3/c1-18-22(23(25(32)33-7)34-26(2,3)4)24(30-15-13-27(5,6)14-16-30)31-21(28-18)17-20(29-31)19-11-9-8-10-12-19/h8-12,17,23H,13-16H2,1-7H3. The summed E-state index contributed by atoms with van der Waals surface area (Å²) >= 11 is 0. The lowest BCUT2D eigenvalue weighted by Crippen LogP contribution is -2.40. The Bertz CT molecular complexity index is 1170. The molecule has 1 fully saturated rings. The van der Waals surface area contributed by atoms with Crippen LogP contribution in [0, 0.1) is 12.3 Å². The number of hydrogen-bond donors (Lipinski definition) is 0. The molecular formula is C27H36N4O3. The molecule has 0 amide bonds. The van der Waals surface area contributed by atoms with Crippen LogP contribution in [0.4, 0.5) is 5.82 Å². The molecule has 1 unspecified atom stereocenters. The summed E-state index contributed by atoms with van der Waals surface area (Å²) < 4.78 is 13.4. The Hall–Kier alpha value is -2.93. The van der Waals surface area contributed by atoms with Crippen LogP contribution in [-0.4, -0.2) is 46.4 Å². The number of esters is 1. The maximum absolute atomic E-state index is 13.0. The van der Waals surface area contributed by atoms with Gasteiger partial charge in [0.05, 0.1) is 24.0 Å². The van der Waals surface area contributed by atoms with Crippen molar-refractivity contribution >= 4 is 17.4 Å². The van der Waals surface area contributed by atoms with Gasteiger partial charge in [0.1, 0.15) is 5.82 Å². The fraction of sp³-hybridized carbons (Fsp3) is 0.519. The van der Waals surface area contributed by atoms with E-state index in [2.05, 4.69) is 18.7 Å². The van der Waals surface area contributed by atoms with E-state index in [4.69, 9.17) is 19.6 Å². The van der Waals surface area contributed by atoms with Crippen LogP contribution in [-0.2, 0) is 14.3 Å². The van der Waals surface area contributed by atoms with E-state index in [0.29, 0.717) is 0 Å². The molecule has 3 aromatic rings. The second-order valence-electron chi connectivity index (χ2n) is 10.9. The SMILES string of the molecule is COC(=O)C(OC(C)(C)C)c1c(C)nc2cc(-c3ccccc3)nn2c1N1CCC(C)(C)CC1. The fourth-order valence-electron chi connectivity index (χ4n) is 4.49. The molecule has 0 N–H and O–H groups in total. The summed E-state index contributed by atoms with van der Waals surface area (Å²) in [6, 6.07) is 12.1. The van der Waals surface area contributed by atoms with Gasteiger partial charge in [0.2, 0.25) is 0 Å².